The lowest BCUT2D eigenvalue weighted by Gasteiger charge is -2.26. The molecule has 110 valence electrons. The van der Waals surface area contributed by atoms with E-state index in [1.807, 2.05) is 0 Å². The maximum absolute atomic E-state index is 11.6. The van der Waals surface area contributed by atoms with Gasteiger partial charge in [-0.05, 0) is 44.4 Å². The molecule has 0 saturated heterocycles. The Bertz CT molecular complexity index is 299. The third-order valence-electron chi connectivity index (χ3n) is 3.87. The second-order valence-corrected chi connectivity index (χ2v) is 5.74. The number of carbonyl (C=O) groups is 2. The summed E-state index contributed by atoms with van der Waals surface area (Å²) in [5.74, 6) is -0.343. The molecule has 1 aliphatic rings. The van der Waals surface area contributed by atoms with Crippen molar-refractivity contribution in [1.29, 1.82) is 0 Å². The number of carbonyl (C=O) groups excluding carboxylic acids is 1. The van der Waals surface area contributed by atoms with E-state index in [1.54, 1.807) is 6.92 Å². The van der Waals surface area contributed by atoms with Crippen LogP contribution in [0.5, 0.6) is 0 Å². The first-order valence-electron chi connectivity index (χ1n) is 7.26. The molecule has 1 unspecified atom stereocenters. The minimum atomic E-state index is -0.777. The fraction of sp³-hybridized carbons (Fsp3) is 0.857. The predicted molar refractivity (Wildman–Crippen MR) is 74.0 cm³/mol. The van der Waals surface area contributed by atoms with Gasteiger partial charge in [0.2, 0.25) is 0 Å². The zero-order valence-electron chi connectivity index (χ0n) is 11.9. The van der Waals surface area contributed by atoms with Crippen LogP contribution < -0.4 is 10.6 Å². The minimum Gasteiger partial charge on any atom is -0.481 e. The quantitative estimate of drug-likeness (QED) is 0.648. The highest BCUT2D eigenvalue weighted by atomic mass is 16.4. The lowest BCUT2D eigenvalue weighted by atomic mass is 9.87. The molecule has 0 bridgehead atoms. The van der Waals surface area contributed by atoms with E-state index >= 15 is 0 Å². The lowest BCUT2D eigenvalue weighted by Crippen LogP contribution is -2.43. The van der Waals surface area contributed by atoms with Gasteiger partial charge >= 0.3 is 12.0 Å². The summed E-state index contributed by atoms with van der Waals surface area (Å²) >= 11 is 0. The first-order chi connectivity index (χ1) is 8.99. The standard InChI is InChI=1S/C14H26N2O3/c1-10-5-7-12(8-6-10)16-14(19)15-9-3-4-11(2)13(17)18/h10-12H,3-9H2,1-2H3,(H,17,18)(H2,15,16,19). The van der Waals surface area contributed by atoms with Crippen molar-refractivity contribution < 1.29 is 14.7 Å². The SMILES string of the molecule is CC1CCC(NC(=O)NCCCC(C)C(=O)O)CC1. The van der Waals surface area contributed by atoms with Crippen LogP contribution in [0.1, 0.15) is 52.4 Å². The molecule has 1 fully saturated rings. The number of urea groups is 1. The first kappa shape index (κ1) is 15.8. The molecule has 19 heavy (non-hydrogen) atoms. The summed E-state index contributed by atoms with van der Waals surface area (Å²) in [6.07, 6.45) is 5.77. The number of aliphatic carboxylic acids is 1. The van der Waals surface area contributed by atoms with Gasteiger partial charge < -0.3 is 15.7 Å². The third-order valence-corrected chi connectivity index (χ3v) is 3.87. The largest absolute Gasteiger partial charge is 0.481 e. The Balaban J connectivity index is 2.06. The van der Waals surface area contributed by atoms with Gasteiger partial charge in [-0.1, -0.05) is 13.8 Å². The van der Waals surface area contributed by atoms with Crippen molar-refractivity contribution >= 4 is 12.0 Å². The van der Waals surface area contributed by atoms with Gasteiger partial charge in [-0.15, -0.1) is 0 Å². The van der Waals surface area contributed by atoms with E-state index in [-0.39, 0.29) is 11.9 Å². The van der Waals surface area contributed by atoms with Crippen molar-refractivity contribution in [3.8, 4) is 0 Å². The lowest BCUT2D eigenvalue weighted by molar-refractivity contribution is -0.141. The highest BCUT2D eigenvalue weighted by Crippen LogP contribution is 2.23. The molecule has 0 spiro atoms. The molecule has 1 rings (SSSR count). The molecule has 0 aromatic heterocycles. The van der Waals surface area contributed by atoms with Crippen LogP contribution in [0.15, 0.2) is 0 Å². The van der Waals surface area contributed by atoms with E-state index in [4.69, 9.17) is 5.11 Å². The molecule has 0 aliphatic heterocycles. The molecule has 5 heteroatoms. The normalized spacial score (nSPS) is 24.5. The molecule has 0 heterocycles. The Morgan fingerprint density at radius 2 is 1.89 bits per heavy atom. The molecular formula is C14H26N2O3. The molecule has 5 nitrogen and oxygen atoms in total. The summed E-state index contributed by atoms with van der Waals surface area (Å²) in [5.41, 5.74) is 0. The van der Waals surface area contributed by atoms with Crippen molar-refractivity contribution in [2.24, 2.45) is 11.8 Å². The van der Waals surface area contributed by atoms with E-state index < -0.39 is 5.97 Å². The summed E-state index contributed by atoms with van der Waals surface area (Å²) in [4.78, 5) is 22.2. The van der Waals surface area contributed by atoms with Crippen LogP contribution in [0.25, 0.3) is 0 Å². The molecule has 0 aromatic rings. The summed E-state index contributed by atoms with van der Waals surface area (Å²) in [6, 6.07) is 0.177. The first-order valence-corrected chi connectivity index (χ1v) is 7.26. The third kappa shape index (κ3) is 6.45. The van der Waals surface area contributed by atoms with E-state index in [0.29, 0.717) is 25.4 Å². The fourth-order valence-electron chi connectivity index (χ4n) is 2.37. The Hall–Kier alpha value is -1.26. The maximum atomic E-state index is 11.6. The van der Waals surface area contributed by atoms with E-state index in [0.717, 1.165) is 18.8 Å². The van der Waals surface area contributed by atoms with E-state index in [9.17, 15) is 9.59 Å². The van der Waals surface area contributed by atoms with Gasteiger partial charge in [-0.2, -0.15) is 0 Å². The summed E-state index contributed by atoms with van der Waals surface area (Å²) in [6.45, 7) is 4.47. The summed E-state index contributed by atoms with van der Waals surface area (Å²) < 4.78 is 0. The number of hydrogen-bond acceptors (Lipinski definition) is 2. The van der Waals surface area contributed by atoms with Crippen molar-refractivity contribution in [1.82, 2.24) is 10.6 Å². The monoisotopic (exact) mass is 270 g/mol. The second-order valence-electron chi connectivity index (χ2n) is 5.74. The van der Waals surface area contributed by atoms with Crippen molar-refractivity contribution in [3.63, 3.8) is 0 Å². The van der Waals surface area contributed by atoms with Gasteiger partial charge in [0.05, 0.1) is 5.92 Å². The van der Waals surface area contributed by atoms with Crippen LogP contribution in [0.3, 0.4) is 0 Å². The molecule has 1 saturated carbocycles. The molecule has 1 aliphatic carbocycles. The molecule has 0 aromatic carbocycles. The average Bonchev–Trinajstić information content (AvgIpc) is 2.37. The topological polar surface area (TPSA) is 78.4 Å². The van der Waals surface area contributed by atoms with Gasteiger partial charge in [-0.25, -0.2) is 4.79 Å². The van der Waals surface area contributed by atoms with Crippen LogP contribution >= 0.6 is 0 Å². The number of nitrogens with one attached hydrogen (secondary N) is 2. The smallest absolute Gasteiger partial charge is 0.315 e. The molecule has 2 amide bonds. The highest BCUT2D eigenvalue weighted by molar-refractivity contribution is 5.74. The van der Waals surface area contributed by atoms with Crippen molar-refractivity contribution in [2.45, 2.75) is 58.4 Å². The summed E-state index contributed by atoms with van der Waals surface area (Å²) in [7, 11) is 0. The van der Waals surface area contributed by atoms with Gasteiger partial charge in [0, 0.05) is 12.6 Å². The van der Waals surface area contributed by atoms with Gasteiger partial charge in [0.15, 0.2) is 0 Å². The van der Waals surface area contributed by atoms with Crippen LogP contribution in [0, 0.1) is 11.8 Å². The predicted octanol–water partition coefficient (Wildman–Crippen LogP) is 2.37. The molecule has 0 radical (unpaired) electrons. The minimum absolute atomic E-state index is 0.123. The van der Waals surface area contributed by atoms with E-state index in [1.165, 1.54) is 12.8 Å². The maximum Gasteiger partial charge on any atom is 0.315 e. The number of hydrogen-bond donors (Lipinski definition) is 3. The van der Waals surface area contributed by atoms with Crippen LogP contribution in [0.4, 0.5) is 4.79 Å². The van der Waals surface area contributed by atoms with Gasteiger partial charge in [0.25, 0.3) is 0 Å². The molecule has 3 N–H and O–H groups in total. The van der Waals surface area contributed by atoms with Crippen LogP contribution in [-0.2, 0) is 4.79 Å². The summed E-state index contributed by atoms with van der Waals surface area (Å²) in [5, 5.41) is 14.5. The second kappa shape index (κ2) is 8.02. The number of carboxylic acids is 1. The van der Waals surface area contributed by atoms with Gasteiger partial charge in [0.1, 0.15) is 0 Å². The van der Waals surface area contributed by atoms with Crippen molar-refractivity contribution in [3.05, 3.63) is 0 Å². The number of carboxylic acid groups (broad SMARTS) is 1. The Labute approximate surface area is 115 Å². The zero-order chi connectivity index (χ0) is 14.3. The van der Waals surface area contributed by atoms with Crippen LogP contribution in [-0.4, -0.2) is 29.7 Å². The fourth-order valence-corrected chi connectivity index (χ4v) is 2.37. The average molecular weight is 270 g/mol. The van der Waals surface area contributed by atoms with Gasteiger partial charge in [-0.3, -0.25) is 4.79 Å². The zero-order valence-corrected chi connectivity index (χ0v) is 11.9. The highest BCUT2D eigenvalue weighted by Gasteiger charge is 2.19. The Morgan fingerprint density at radius 3 is 2.47 bits per heavy atom. The number of amides is 2. The Morgan fingerprint density at radius 1 is 1.26 bits per heavy atom. The molecular weight excluding hydrogens is 244 g/mol. The van der Waals surface area contributed by atoms with Crippen LogP contribution in [0.2, 0.25) is 0 Å². The number of rotatable bonds is 6. The molecule has 1 atom stereocenters. The Kier molecular flexibility index (Phi) is 6.67. The van der Waals surface area contributed by atoms with E-state index in [2.05, 4.69) is 17.6 Å². The van der Waals surface area contributed by atoms with Crippen molar-refractivity contribution in [2.75, 3.05) is 6.54 Å².